The van der Waals surface area contributed by atoms with Crippen molar-refractivity contribution in [1.82, 2.24) is 10.3 Å². The second-order valence-electron chi connectivity index (χ2n) is 6.39. The minimum Gasteiger partial charge on any atom is -0.434 e. The van der Waals surface area contributed by atoms with E-state index in [1.54, 1.807) is 55.6 Å². The molecule has 3 aromatic rings. The Hall–Kier alpha value is -4.20. The third kappa shape index (κ3) is 6.40. The summed E-state index contributed by atoms with van der Waals surface area (Å²) < 4.78 is 9.67. The van der Waals surface area contributed by atoms with Crippen LogP contribution in [0, 0.1) is 0 Å². The molecular formula is C23H21N3O5. The van der Waals surface area contributed by atoms with Gasteiger partial charge in [-0.3, -0.25) is 14.6 Å². The van der Waals surface area contributed by atoms with Gasteiger partial charge in [0.2, 0.25) is 0 Å². The molecule has 0 aliphatic rings. The van der Waals surface area contributed by atoms with Crippen LogP contribution in [0.3, 0.4) is 0 Å². The molecule has 2 amide bonds. The predicted molar refractivity (Wildman–Crippen MR) is 114 cm³/mol. The summed E-state index contributed by atoms with van der Waals surface area (Å²) in [6.07, 6.45) is 2.30. The van der Waals surface area contributed by atoms with Gasteiger partial charge in [-0.05, 0) is 61.0 Å². The molecule has 8 nitrogen and oxygen atoms in total. The monoisotopic (exact) mass is 419 g/mol. The summed E-state index contributed by atoms with van der Waals surface area (Å²) in [5.74, 6) is -0.270. The number of hydrogen-bond acceptors (Lipinski definition) is 6. The van der Waals surface area contributed by atoms with E-state index in [0.29, 0.717) is 23.4 Å². The number of carbonyl (C=O) groups is 3. The number of hydrogen-bond donors (Lipinski definition) is 2. The summed E-state index contributed by atoms with van der Waals surface area (Å²) in [5.41, 5.74) is 2.28. The molecule has 2 N–H and O–H groups in total. The fourth-order valence-corrected chi connectivity index (χ4v) is 2.66. The molecule has 0 bridgehead atoms. The minimum atomic E-state index is -0.799. The molecule has 0 atom stereocenters. The Morgan fingerprint density at radius 2 is 1.74 bits per heavy atom. The number of ether oxygens (including phenoxy) is 2. The second-order valence-corrected chi connectivity index (χ2v) is 6.39. The summed E-state index contributed by atoms with van der Waals surface area (Å²) >= 11 is 0. The van der Waals surface area contributed by atoms with Crippen LogP contribution >= 0.6 is 0 Å². The molecule has 0 aliphatic heterocycles. The highest BCUT2D eigenvalue weighted by molar-refractivity contribution is 6.04. The number of benzene rings is 2. The number of rotatable bonds is 7. The molecule has 1 aromatic heterocycles. The number of amides is 2. The van der Waals surface area contributed by atoms with Crippen LogP contribution in [0.1, 0.15) is 33.2 Å². The van der Waals surface area contributed by atoms with Gasteiger partial charge in [0, 0.05) is 30.2 Å². The van der Waals surface area contributed by atoms with E-state index in [1.807, 2.05) is 6.07 Å². The molecule has 2 aromatic carbocycles. The zero-order valence-corrected chi connectivity index (χ0v) is 16.8. The summed E-state index contributed by atoms with van der Waals surface area (Å²) in [4.78, 5) is 39.9. The lowest BCUT2D eigenvalue weighted by atomic mass is 10.1. The smallest absolute Gasteiger partial charge is 0.434 e. The fourth-order valence-electron chi connectivity index (χ4n) is 2.66. The average molecular weight is 419 g/mol. The van der Waals surface area contributed by atoms with Gasteiger partial charge in [-0.2, -0.15) is 0 Å². The summed E-state index contributed by atoms with van der Waals surface area (Å²) in [7, 11) is 0. The van der Waals surface area contributed by atoms with Crippen LogP contribution in [0.4, 0.5) is 10.5 Å². The molecule has 0 aliphatic carbocycles. The lowest BCUT2D eigenvalue weighted by molar-refractivity contribution is 0.0948. The molecule has 0 spiro atoms. The van der Waals surface area contributed by atoms with Gasteiger partial charge in [0.1, 0.15) is 5.75 Å². The van der Waals surface area contributed by atoms with Crippen molar-refractivity contribution >= 4 is 23.7 Å². The van der Waals surface area contributed by atoms with E-state index >= 15 is 0 Å². The number of anilines is 1. The Balaban J connectivity index is 1.57. The quantitative estimate of drug-likeness (QED) is 0.446. The molecule has 31 heavy (non-hydrogen) atoms. The third-order valence-electron chi connectivity index (χ3n) is 4.14. The zero-order chi connectivity index (χ0) is 22.1. The molecule has 158 valence electrons. The van der Waals surface area contributed by atoms with Gasteiger partial charge in [0.25, 0.3) is 11.8 Å². The SMILES string of the molecule is CCOC(=O)Oc1ccc(C(=O)Nc2cccc(CNC(=O)c3cccnc3)c2)cc1. The maximum absolute atomic E-state index is 12.5. The standard InChI is InChI=1S/C23H21N3O5/c1-2-30-23(29)31-20-10-8-17(9-11-20)22(28)26-19-7-3-5-16(13-19)14-25-21(27)18-6-4-12-24-15-18/h3-13,15H,2,14H2,1H3,(H,25,27)(H,26,28). The second kappa shape index (κ2) is 10.5. The molecule has 0 saturated heterocycles. The lowest BCUT2D eigenvalue weighted by Gasteiger charge is -2.09. The number of nitrogens with zero attached hydrogens (tertiary/aromatic N) is 1. The molecule has 0 fully saturated rings. The Labute approximate surface area is 179 Å². The van der Waals surface area contributed by atoms with Gasteiger partial charge >= 0.3 is 6.16 Å². The molecular weight excluding hydrogens is 398 g/mol. The Bertz CT molecular complexity index is 1050. The highest BCUT2D eigenvalue weighted by Crippen LogP contribution is 2.16. The molecule has 0 unspecified atom stereocenters. The Morgan fingerprint density at radius 3 is 2.45 bits per heavy atom. The van der Waals surface area contributed by atoms with Gasteiger partial charge in [-0.15, -0.1) is 0 Å². The first-order chi connectivity index (χ1) is 15.0. The predicted octanol–water partition coefficient (Wildman–Crippen LogP) is 3.80. The van der Waals surface area contributed by atoms with Crippen LogP contribution in [0.5, 0.6) is 5.75 Å². The van der Waals surface area contributed by atoms with Gasteiger partial charge < -0.3 is 20.1 Å². The molecule has 8 heteroatoms. The van der Waals surface area contributed by atoms with Crippen molar-refractivity contribution in [1.29, 1.82) is 0 Å². The van der Waals surface area contributed by atoms with Gasteiger partial charge in [0.15, 0.2) is 0 Å². The number of nitrogens with one attached hydrogen (secondary N) is 2. The lowest BCUT2D eigenvalue weighted by Crippen LogP contribution is -2.23. The molecule has 1 heterocycles. The van der Waals surface area contributed by atoms with Crippen molar-refractivity contribution in [3.63, 3.8) is 0 Å². The van der Waals surface area contributed by atoms with Crippen LogP contribution in [-0.2, 0) is 11.3 Å². The maximum Gasteiger partial charge on any atom is 0.513 e. The number of carbonyl (C=O) groups excluding carboxylic acids is 3. The Kier molecular flexibility index (Phi) is 7.31. The molecule has 0 saturated carbocycles. The van der Waals surface area contributed by atoms with Crippen molar-refractivity contribution in [2.75, 3.05) is 11.9 Å². The zero-order valence-electron chi connectivity index (χ0n) is 16.8. The average Bonchev–Trinajstić information content (AvgIpc) is 2.79. The van der Waals surface area contributed by atoms with Crippen molar-refractivity contribution < 1.29 is 23.9 Å². The third-order valence-corrected chi connectivity index (χ3v) is 4.14. The normalized spacial score (nSPS) is 10.1. The van der Waals surface area contributed by atoms with Crippen LogP contribution < -0.4 is 15.4 Å². The first-order valence-electron chi connectivity index (χ1n) is 9.58. The highest BCUT2D eigenvalue weighted by Gasteiger charge is 2.10. The first-order valence-corrected chi connectivity index (χ1v) is 9.58. The van der Waals surface area contributed by atoms with E-state index in [-0.39, 0.29) is 24.2 Å². The van der Waals surface area contributed by atoms with Crippen LogP contribution in [0.15, 0.2) is 73.1 Å². The topological polar surface area (TPSA) is 107 Å². The maximum atomic E-state index is 12.5. The van der Waals surface area contributed by atoms with Gasteiger partial charge in [-0.25, -0.2) is 4.79 Å². The van der Waals surface area contributed by atoms with Crippen LogP contribution in [0.2, 0.25) is 0 Å². The summed E-state index contributed by atoms with van der Waals surface area (Å²) in [6.45, 7) is 2.20. The summed E-state index contributed by atoms with van der Waals surface area (Å²) in [5, 5.41) is 5.62. The van der Waals surface area contributed by atoms with E-state index in [2.05, 4.69) is 15.6 Å². The highest BCUT2D eigenvalue weighted by atomic mass is 16.7. The Morgan fingerprint density at radius 1 is 0.935 bits per heavy atom. The van der Waals surface area contributed by atoms with Crippen molar-refractivity contribution in [2.45, 2.75) is 13.5 Å². The van der Waals surface area contributed by atoms with Crippen molar-refractivity contribution in [2.24, 2.45) is 0 Å². The first kappa shape index (κ1) is 21.5. The van der Waals surface area contributed by atoms with E-state index in [1.165, 1.54) is 18.3 Å². The van der Waals surface area contributed by atoms with Gasteiger partial charge in [-0.1, -0.05) is 12.1 Å². The van der Waals surface area contributed by atoms with Crippen molar-refractivity contribution in [3.05, 3.63) is 89.7 Å². The van der Waals surface area contributed by atoms with E-state index in [9.17, 15) is 14.4 Å². The van der Waals surface area contributed by atoms with E-state index in [0.717, 1.165) is 5.56 Å². The molecule has 0 radical (unpaired) electrons. The largest absolute Gasteiger partial charge is 0.513 e. The van der Waals surface area contributed by atoms with E-state index < -0.39 is 6.16 Å². The van der Waals surface area contributed by atoms with Crippen LogP contribution in [-0.4, -0.2) is 29.6 Å². The fraction of sp³-hybridized carbons (Fsp3) is 0.130. The number of aromatic nitrogens is 1. The van der Waals surface area contributed by atoms with Gasteiger partial charge in [0.05, 0.1) is 12.2 Å². The van der Waals surface area contributed by atoms with E-state index in [4.69, 9.17) is 9.47 Å². The summed E-state index contributed by atoms with van der Waals surface area (Å²) in [6, 6.07) is 16.7. The number of pyridine rings is 1. The minimum absolute atomic E-state index is 0.214. The molecule has 3 rings (SSSR count). The van der Waals surface area contributed by atoms with Crippen LogP contribution in [0.25, 0.3) is 0 Å². The van der Waals surface area contributed by atoms with Crippen molar-refractivity contribution in [3.8, 4) is 5.75 Å².